The van der Waals surface area contributed by atoms with Crippen molar-refractivity contribution in [1.82, 2.24) is 0 Å². The Hall–Kier alpha value is -2.74. The molecule has 4 atom stereocenters. The largest absolute Gasteiger partial charge is 0.459 e. The van der Waals surface area contributed by atoms with Crippen molar-refractivity contribution in [2.75, 3.05) is 6.61 Å². The van der Waals surface area contributed by atoms with Crippen molar-refractivity contribution in [2.45, 2.75) is 31.0 Å². The number of ether oxygens (including phenoxy) is 3. The molecule has 3 rings (SSSR count). The molecule has 0 unspecified atom stereocenters. The molecule has 27 heavy (non-hydrogen) atoms. The summed E-state index contributed by atoms with van der Waals surface area (Å²) in [6, 6.07) is 16.7. The number of carbonyl (C=O) groups is 2. The molecule has 2 aromatic carbocycles. The molecule has 142 valence electrons. The van der Waals surface area contributed by atoms with Gasteiger partial charge in [0.25, 0.3) is 0 Å². The molecule has 0 aromatic heterocycles. The number of aliphatic hydroxyl groups is 2. The predicted molar refractivity (Wildman–Crippen MR) is 93.9 cm³/mol. The van der Waals surface area contributed by atoms with E-state index in [1.54, 1.807) is 60.7 Å². The second kappa shape index (κ2) is 8.77. The molecule has 0 aliphatic carbocycles. The zero-order valence-corrected chi connectivity index (χ0v) is 14.4. The molecule has 0 radical (unpaired) electrons. The molecule has 0 amide bonds. The molecule has 1 heterocycles. The minimum Gasteiger partial charge on any atom is -0.459 e. The highest BCUT2D eigenvalue weighted by atomic mass is 16.7. The van der Waals surface area contributed by atoms with Gasteiger partial charge in [-0.25, -0.2) is 9.59 Å². The van der Waals surface area contributed by atoms with Crippen molar-refractivity contribution < 1.29 is 34.0 Å². The van der Waals surface area contributed by atoms with Gasteiger partial charge >= 0.3 is 11.9 Å². The van der Waals surface area contributed by atoms with Crippen LogP contribution < -0.4 is 0 Å². The lowest BCUT2D eigenvalue weighted by Gasteiger charge is -2.36. The third kappa shape index (κ3) is 4.91. The van der Waals surface area contributed by atoms with Crippen LogP contribution in [0, 0.1) is 0 Å². The normalized spacial score (nSPS) is 24.8. The van der Waals surface area contributed by atoms with Crippen molar-refractivity contribution in [1.29, 1.82) is 0 Å². The Balaban J connectivity index is 1.58. The van der Waals surface area contributed by atoms with Crippen LogP contribution in [0.4, 0.5) is 0 Å². The summed E-state index contributed by atoms with van der Waals surface area (Å²) < 4.78 is 15.9. The maximum absolute atomic E-state index is 12.1. The molecule has 1 fully saturated rings. The molecule has 0 saturated carbocycles. The van der Waals surface area contributed by atoms with Crippen molar-refractivity contribution in [3.63, 3.8) is 0 Å². The summed E-state index contributed by atoms with van der Waals surface area (Å²) in [5, 5.41) is 20.1. The molecule has 0 spiro atoms. The zero-order chi connectivity index (χ0) is 19.2. The molecule has 2 aromatic rings. The van der Waals surface area contributed by atoms with Crippen molar-refractivity contribution in [2.24, 2.45) is 0 Å². The van der Waals surface area contributed by atoms with Gasteiger partial charge < -0.3 is 24.4 Å². The van der Waals surface area contributed by atoms with Crippen LogP contribution >= 0.6 is 0 Å². The van der Waals surface area contributed by atoms with Crippen LogP contribution in [-0.2, 0) is 14.2 Å². The average molecular weight is 372 g/mol. The first-order chi connectivity index (χ1) is 13.0. The third-order valence-corrected chi connectivity index (χ3v) is 4.17. The highest BCUT2D eigenvalue weighted by Gasteiger charge is 2.39. The topological polar surface area (TPSA) is 102 Å². The average Bonchev–Trinajstić information content (AvgIpc) is 2.70. The second-order valence-corrected chi connectivity index (χ2v) is 6.13. The maximum atomic E-state index is 12.1. The van der Waals surface area contributed by atoms with Crippen LogP contribution in [0.25, 0.3) is 0 Å². The van der Waals surface area contributed by atoms with Crippen molar-refractivity contribution >= 4 is 11.9 Å². The van der Waals surface area contributed by atoms with E-state index in [4.69, 9.17) is 14.2 Å². The monoisotopic (exact) mass is 372 g/mol. The Morgan fingerprint density at radius 2 is 1.48 bits per heavy atom. The summed E-state index contributed by atoms with van der Waals surface area (Å²) >= 11 is 0. The number of rotatable bonds is 5. The van der Waals surface area contributed by atoms with Gasteiger partial charge in [-0.15, -0.1) is 0 Å². The Morgan fingerprint density at radius 1 is 0.926 bits per heavy atom. The predicted octanol–water partition coefficient (Wildman–Crippen LogP) is 1.54. The highest BCUT2D eigenvalue weighted by molar-refractivity contribution is 5.89. The van der Waals surface area contributed by atoms with E-state index in [2.05, 4.69) is 0 Å². The molecular formula is C20H20O7. The van der Waals surface area contributed by atoms with Gasteiger partial charge in [0, 0.05) is 6.42 Å². The van der Waals surface area contributed by atoms with Crippen LogP contribution in [0.5, 0.6) is 0 Å². The molecule has 1 saturated heterocycles. The molecule has 0 bridgehead atoms. The number of hydrogen-bond acceptors (Lipinski definition) is 7. The van der Waals surface area contributed by atoms with Crippen molar-refractivity contribution in [3.8, 4) is 0 Å². The van der Waals surface area contributed by atoms with E-state index in [0.29, 0.717) is 11.1 Å². The van der Waals surface area contributed by atoms with Gasteiger partial charge in [0.2, 0.25) is 6.29 Å². The first-order valence-electron chi connectivity index (χ1n) is 8.54. The Kier molecular flexibility index (Phi) is 6.18. The first kappa shape index (κ1) is 19.0. The maximum Gasteiger partial charge on any atom is 0.340 e. The lowest BCUT2D eigenvalue weighted by molar-refractivity contribution is -0.239. The fourth-order valence-electron chi connectivity index (χ4n) is 2.71. The summed E-state index contributed by atoms with van der Waals surface area (Å²) in [6.45, 7) is -0.286. The number of benzene rings is 2. The second-order valence-electron chi connectivity index (χ2n) is 6.13. The van der Waals surface area contributed by atoms with Gasteiger partial charge in [-0.05, 0) is 24.3 Å². The fourth-order valence-corrected chi connectivity index (χ4v) is 2.71. The highest BCUT2D eigenvalue weighted by Crippen LogP contribution is 2.23. The van der Waals surface area contributed by atoms with Gasteiger partial charge in [0.1, 0.15) is 18.8 Å². The van der Waals surface area contributed by atoms with Gasteiger partial charge in [-0.1, -0.05) is 36.4 Å². The lowest BCUT2D eigenvalue weighted by atomic mass is 10.0. The summed E-state index contributed by atoms with van der Waals surface area (Å²) in [5.74, 6) is -1.19. The van der Waals surface area contributed by atoms with Gasteiger partial charge in [0.05, 0.1) is 17.2 Å². The van der Waals surface area contributed by atoms with Crippen LogP contribution in [0.3, 0.4) is 0 Å². The van der Waals surface area contributed by atoms with E-state index >= 15 is 0 Å². The SMILES string of the molecule is O=C(OC[C@H]1O[C@@H](OC(=O)c2ccccc2)C[C@@H](O)[C@@H]1O)c1ccccc1. The van der Waals surface area contributed by atoms with Crippen molar-refractivity contribution in [3.05, 3.63) is 71.8 Å². The Labute approximate surface area is 156 Å². The summed E-state index contributed by atoms with van der Waals surface area (Å²) in [4.78, 5) is 24.1. The van der Waals surface area contributed by atoms with Crippen LogP contribution in [0.1, 0.15) is 27.1 Å². The standard InChI is InChI=1S/C20H20O7/c21-15-11-17(27-20(24)14-9-5-2-6-10-14)26-16(18(15)22)12-25-19(23)13-7-3-1-4-8-13/h1-10,15-18,21-22H,11-12H2/t15-,16-,17+,18+/m1/s1. The fraction of sp³-hybridized carbons (Fsp3) is 0.300. The molecule has 1 aliphatic heterocycles. The third-order valence-electron chi connectivity index (χ3n) is 4.17. The number of hydrogen-bond donors (Lipinski definition) is 2. The Morgan fingerprint density at radius 3 is 2.07 bits per heavy atom. The molecule has 7 heteroatoms. The van der Waals surface area contributed by atoms with Gasteiger partial charge in [-0.2, -0.15) is 0 Å². The van der Waals surface area contributed by atoms with Crippen LogP contribution in [0.15, 0.2) is 60.7 Å². The lowest BCUT2D eigenvalue weighted by Crippen LogP contribution is -2.51. The van der Waals surface area contributed by atoms with E-state index < -0.39 is 36.5 Å². The first-order valence-corrected chi connectivity index (χ1v) is 8.54. The van der Waals surface area contributed by atoms with Crippen LogP contribution in [-0.4, -0.2) is 53.4 Å². The molecule has 2 N–H and O–H groups in total. The molecule has 7 nitrogen and oxygen atoms in total. The van der Waals surface area contributed by atoms with E-state index in [1.807, 2.05) is 0 Å². The minimum absolute atomic E-state index is 0.0805. The summed E-state index contributed by atoms with van der Waals surface area (Å²) in [5.41, 5.74) is 0.698. The molecule has 1 aliphatic rings. The smallest absolute Gasteiger partial charge is 0.340 e. The quantitative estimate of drug-likeness (QED) is 0.768. The van der Waals surface area contributed by atoms with E-state index in [9.17, 15) is 19.8 Å². The Bertz CT molecular complexity index is 762. The number of esters is 2. The van der Waals surface area contributed by atoms with Crippen LogP contribution in [0.2, 0.25) is 0 Å². The van der Waals surface area contributed by atoms with E-state index in [-0.39, 0.29) is 13.0 Å². The zero-order valence-electron chi connectivity index (χ0n) is 14.4. The summed E-state index contributed by atoms with van der Waals surface area (Å²) in [7, 11) is 0. The number of aliphatic hydroxyl groups excluding tert-OH is 2. The van der Waals surface area contributed by atoms with Gasteiger partial charge in [-0.3, -0.25) is 0 Å². The molecular weight excluding hydrogens is 352 g/mol. The summed E-state index contributed by atoms with van der Waals surface area (Å²) in [6.07, 6.45) is -4.59. The van der Waals surface area contributed by atoms with E-state index in [1.165, 1.54) is 0 Å². The van der Waals surface area contributed by atoms with Gasteiger partial charge in [0.15, 0.2) is 0 Å². The van der Waals surface area contributed by atoms with E-state index in [0.717, 1.165) is 0 Å². The number of carbonyl (C=O) groups excluding carboxylic acids is 2. The minimum atomic E-state index is -1.26.